The molecular formula is C16H23NO2. The maximum absolute atomic E-state index is 6.52. The molecule has 2 heterocycles. The van der Waals surface area contributed by atoms with Crippen LogP contribution in [0.2, 0.25) is 0 Å². The summed E-state index contributed by atoms with van der Waals surface area (Å²) in [5.41, 5.74) is 9.02. The normalized spacial score (nSPS) is 34.9. The minimum Gasteiger partial charge on any atom is -0.493 e. The Labute approximate surface area is 115 Å². The van der Waals surface area contributed by atoms with Crippen molar-refractivity contribution in [2.45, 2.75) is 45.4 Å². The van der Waals surface area contributed by atoms with E-state index in [9.17, 15) is 0 Å². The molecule has 5 atom stereocenters. The van der Waals surface area contributed by atoms with E-state index in [0.29, 0.717) is 17.9 Å². The van der Waals surface area contributed by atoms with Gasteiger partial charge in [0, 0.05) is 18.4 Å². The maximum atomic E-state index is 6.52. The van der Waals surface area contributed by atoms with Gasteiger partial charge in [0.1, 0.15) is 5.75 Å². The number of hydrogen-bond donors (Lipinski definition) is 1. The summed E-state index contributed by atoms with van der Waals surface area (Å²) in [6.45, 7) is 7.32. The number of hydrogen-bond acceptors (Lipinski definition) is 3. The lowest BCUT2D eigenvalue weighted by molar-refractivity contribution is 0.0489. The molecule has 104 valence electrons. The molecule has 3 heteroatoms. The second-order valence-corrected chi connectivity index (χ2v) is 5.97. The van der Waals surface area contributed by atoms with Crippen LogP contribution in [0.1, 0.15) is 37.9 Å². The van der Waals surface area contributed by atoms with Gasteiger partial charge >= 0.3 is 0 Å². The summed E-state index contributed by atoms with van der Waals surface area (Å²) >= 11 is 0. The third-order valence-corrected chi connectivity index (χ3v) is 4.83. The van der Waals surface area contributed by atoms with Crippen LogP contribution in [0.5, 0.6) is 5.75 Å². The lowest BCUT2D eigenvalue weighted by Gasteiger charge is -2.26. The van der Waals surface area contributed by atoms with Gasteiger partial charge in [-0.3, -0.25) is 0 Å². The van der Waals surface area contributed by atoms with Gasteiger partial charge in [-0.25, -0.2) is 0 Å². The standard InChI is InChI=1S/C16H23NO2/c1-9-10(2)19-11(3)15(9)16(17)13-4-5-14-12(8-13)6-7-18-14/h4-5,8-11,15-16H,6-7,17H2,1-3H3. The Kier molecular flexibility index (Phi) is 3.27. The molecule has 1 aromatic carbocycles. The van der Waals surface area contributed by atoms with Crippen molar-refractivity contribution in [3.8, 4) is 5.75 Å². The van der Waals surface area contributed by atoms with E-state index in [2.05, 4.69) is 39.0 Å². The molecule has 1 saturated heterocycles. The Balaban J connectivity index is 1.85. The molecule has 19 heavy (non-hydrogen) atoms. The zero-order chi connectivity index (χ0) is 13.6. The third kappa shape index (κ3) is 2.15. The van der Waals surface area contributed by atoms with E-state index >= 15 is 0 Å². The molecule has 0 saturated carbocycles. The molecule has 0 radical (unpaired) electrons. The third-order valence-electron chi connectivity index (χ3n) is 4.83. The van der Waals surface area contributed by atoms with Crippen LogP contribution >= 0.6 is 0 Å². The topological polar surface area (TPSA) is 44.5 Å². The first kappa shape index (κ1) is 12.9. The number of rotatable bonds is 2. The van der Waals surface area contributed by atoms with Crippen LogP contribution in [-0.2, 0) is 11.2 Å². The molecule has 1 aromatic rings. The first-order valence-electron chi connectivity index (χ1n) is 7.24. The van der Waals surface area contributed by atoms with Gasteiger partial charge < -0.3 is 15.2 Å². The first-order chi connectivity index (χ1) is 9.08. The van der Waals surface area contributed by atoms with Crippen LogP contribution in [0, 0.1) is 11.8 Å². The largest absolute Gasteiger partial charge is 0.493 e. The van der Waals surface area contributed by atoms with E-state index in [0.717, 1.165) is 18.8 Å². The Hall–Kier alpha value is -1.06. The molecule has 2 aliphatic heterocycles. The van der Waals surface area contributed by atoms with Crippen LogP contribution in [0.25, 0.3) is 0 Å². The smallest absolute Gasteiger partial charge is 0.122 e. The SMILES string of the molecule is CC1OC(C)C(C(N)c2ccc3c(c2)CCO3)C1C. The fourth-order valence-corrected chi connectivity index (χ4v) is 3.55. The van der Waals surface area contributed by atoms with Gasteiger partial charge in [0.25, 0.3) is 0 Å². The monoisotopic (exact) mass is 261 g/mol. The van der Waals surface area contributed by atoms with Crippen molar-refractivity contribution in [2.24, 2.45) is 17.6 Å². The van der Waals surface area contributed by atoms with Gasteiger partial charge in [0.15, 0.2) is 0 Å². The summed E-state index contributed by atoms with van der Waals surface area (Å²) in [6.07, 6.45) is 1.52. The molecule has 5 unspecified atom stereocenters. The number of benzene rings is 1. The fraction of sp³-hybridized carbons (Fsp3) is 0.625. The highest BCUT2D eigenvalue weighted by atomic mass is 16.5. The number of nitrogens with two attached hydrogens (primary N) is 1. The van der Waals surface area contributed by atoms with Gasteiger partial charge in [0.2, 0.25) is 0 Å². The molecule has 2 N–H and O–H groups in total. The van der Waals surface area contributed by atoms with Gasteiger partial charge in [-0.15, -0.1) is 0 Å². The first-order valence-corrected chi connectivity index (χ1v) is 7.24. The van der Waals surface area contributed by atoms with E-state index in [1.54, 1.807) is 0 Å². The Bertz CT molecular complexity index is 474. The molecule has 0 spiro atoms. The summed E-state index contributed by atoms with van der Waals surface area (Å²) in [4.78, 5) is 0. The Morgan fingerprint density at radius 3 is 2.68 bits per heavy atom. The van der Waals surface area contributed by atoms with E-state index in [1.807, 2.05) is 0 Å². The molecule has 2 aliphatic rings. The Morgan fingerprint density at radius 2 is 2.00 bits per heavy atom. The van der Waals surface area contributed by atoms with E-state index in [4.69, 9.17) is 15.2 Å². The van der Waals surface area contributed by atoms with Gasteiger partial charge in [-0.2, -0.15) is 0 Å². The highest BCUT2D eigenvalue weighted by molar-refractivity contribution is 5.41. The van der Waals surface area contributed by atoms with Crippen LogP contribution in [0.4, 0.5) is 0 Å². The average Bonchev–Trinajstić information content (AvgIpc) is 2.94. The van der Waals surface area contributed by atoms with Gasteiger partial charge in [-0.05, 0) is 37.0 Å². The zero-order valence-electron chi connectivity index (χ0n) is 11.9. The van der Waals surface area contributed by atoms with Crippen molar-refractivity contribution in [3.05, 3.63) is 29.3 Å². The summed E-state index contributed by atoms with van der Waals surface area (Å²) in [5, 5.41) is 0. The maximum Gasteiger partial charge on any atom is 0.122 e. The number of fused-ring (bicyclic) bond motifs is 1. The molecule has 0 aliphatic carbocycles. The zero-order valence-corrected chi connectivity index (χ0v) is 11.9. The molecule has 0 amide bonds. The van der Waals surface area contributed by atoms with Gasteiger partial charge in [-0.1, -0.05) is 19.1 Å². The minimum atomic E-state index is 0.0425. The van der Waals surface area contributed by atoms with Crippen molar-refractivity contribution in [3.63, 3.8) is 0 Å². The molecular weight excluding hydrogens is 238 g/mol. The predicted octanol–water partition coefficient (Wildman–Crippen LogP) is 2.68. The fourth-order valence-electron chi connectivity index (χ4n) is 3.55. The van der Waals surface area contributed by atoms with E-state index < -0.39 is 0 Å². The van der Waals surface area contributed by atoms with Gasteiger partial charge in [0.05, 0.1) is 18.8 Å². The van der Waals surface area contributed by atoms with Crippen LogP contribution in [-0.4, -0.2) is 18.8 Å². The van der Waals surface area contributed by atoms with Crippen LogP contribution in [0.15, 0.2) is 18.2 Å². The van der Waals surface area contributed by atoms with E-state index in [-0.39, 0.29) is 12.1 Å². The summed E-state index contributed by atoms with van der Waals surface area (Å²) < 4.78 is 11.5. The van der Waals surface area contributed by atoms with E-state index in [1.165, 1.54) is 11.1 Å². The summed E-state index contributed by atoms with van der Waals surface area (Å²) in [7, 11) is 0. The van der Waals surface area contributed by atoms with Crippen LogP contribution < -0.4 is 10.5 Å². The lowest BCUT2D eigenvalue weighted by Crippen LogP contribution is -2.30. The van der Waals surface area contributed by atoms with Crippen molar-refractivity contribution in [2.75, 3.05) is 6.61 Å². The summed E-state index contributed by atoms with van der Waals surface area (Å²) in [6, 6.07) is 6.43. The second kappa shape index (κ2) is 4.80. The van der Waals surface area contributed by atoms with Crippen molar-refractivity contribution in [1.29, 1.82) is 0 Å². The molecule has 0 aromatic heterocycles. The van der Waals surface area contributed by atoms with Crippen molar-refractivity contribution >= 4 is 0 Å². The minimum absolute atomic E-state index is 0.0425. The predicted molar refractivity (Wildman–Crippen MR) is 75.2 cm³/mol. The lowest BCUT2D eigenvalue weighted by atomic mass is 9.80. The van der Waals surface area contributed by atoms with Crippen LogP contribution in [0.3, 0.4) is 0 Å². The van der Waals surface area contributed by atoms with Crippen molar-refractivity contribution in [1.82, 2.24) is 0 Å². The van der Waals surface area contributed by atoms with Crippen molar-refractivity contribution < 1.29 is 9.47 Å². The number of ether oxygens (including phenoxy) is 2. The highest BCUT2D eigenvalue weighted by Crippen LogP contribution is 2.40. The summed E-state index contributed by atoms with van der Waals surface area (Å²) in [5.74, 6) is 1.90. The molecule has 0 bridgehead atoms. The Morgan fingerprint density at radius 1 is 1.21 bits per heavy atom. The quantitative estimate of drug-likeness (QED) is 0.890. The average molecular weight is 261 g/mol. The second-order valence-electron chi connectivity index (χ2n) is 5.97. The molecule has 3 nitrogen and oxygen atoms in total. The molecule has 3 rings (SSSR count). The molecule has 1 fully saturated rings. The highest BCUT2D eigenvalue weighted by Gasteiger charge is 2.40.